The van der Waals surface area contributed by atoms with E-state index in [0.717, 1.165) is 0 Å². The van der Waals surface area contributed by atoms with Crippen LogP contribution in [0.5, 0.6) is 0 Å². The number of rotatable bonds is 4. The summed E-state index contributed by atoms with van der Waals surface area (Å²) in [5, 5.41) is 3.15. The Balaban J connectivity index is 1.86. The normalized spacial score (nSPS) is 17.7. The van der Waals surface area contributed by atoms with Gasteiger partial charge >= 0.3 is 0 Å². The van der Waals surface area contributed by atoms with Crippen molar-refractivity contribution in [3.05, 3.63) is 132 Å². The smallest absolute Gasteiger partial charge is 0.0626 e. The fraction of sp³-hybridized carbons (Fsp3) is 0.0769. The van der Waals surface area contributed by atoms with Crippen LogP contribution in [0.25, 0.3) is 0 Å². The van der Waals surface area contributed by atoms with E-state index >= 15 is 0 Å². The topological polar surface area (TPSA) is 0 Å². The van der Waals surface area contributed by atoms with Crippen LogP contribution < -0.4 is 10.4 Å². The van der Waals surface area contributed by atoms with Crippen molar-refractivity contribution in [1.82, 2.24) is 0 Å². The highest BCUT2D eigenvalue weighted by molar-refractivity contribution is 7.19. The summed E-state index contributed by atoms with van der Waals surface area (Å²) in [6.07, 6.45) is 0. The molecule has 1 aliphatic rings. The molecule has 0 atom stereocenters. The largest absolute Gasteiger partial charge is 0.126 e. The highest BCUT2D eigenvalue weighted by Crippen LogP contribution is 2.49. The van der Waals surface area contributed by atoms with Crippen LogP contribution >= 0.6 is 0 Å². The molecule has 1 heterocycles. The van der Waals surface area contributed by atoms with Crippen molar-refractivity contribution in [3.63, 3.8) is 0 Å². The van der Waals surface area contributed by atoms with Gasteiger partial charge in [-0.1, -0.05) is 137 Å². The molecular formula is C26H24Si2. The zero-order chi connectivity index (χ0) is 18.9. The zero-order valence-corrected chi connectivity index (χ0v) is 18.4. The van der Waals surface area contributed by atoms with Crippen molar-refractivity contribution >= 4 is 28.0 Å². The van der Waals surface area contributed by atoms with E-state index < -0.39 is 8.07 Å². The van der Waals surface area contributed by atoms with Gasteiger partial charge in [0.15, 0.2) is 0 Å². The molecule has 1 aliphatic heterocycles. The van der Waals surface area contributed by atoms with E-state index in [1.54, 1.807) is 10.4 Å². The van der Waals surface area contributed by atoms with Gasteiger partial charge in [0.2, 0.25) is 0 Å². The minimum absolute atomic E-state index is 0.207. The molecule has 1 fully saturated rings. The van der Waals surface area contributed by atoms with Crippen molar-refractivity contribution in [2.24, 2.45) is 0 Å². The summed E-state index contributed by atoms with van der Waals surface area (Å²) in [5.74, 6) is 0. The molecule has 1 saturated heterocycles. The molecule has 0 saturated carbocycles. The molecule has 5 rings (SSSR count). The van der Waals surface area contributed by atoms with Gasteiger partial charge in [-0.05, 0) is 11.1 Å². The molecule has 136 valence electrons. The Morgan fingerprint density at radius 3 is 1.18 bits per heavy atom. The Kier molecular flexibility index (Phi) is 4.38. The predicted octanol–water partition coefficient (Wildman–Crippen LogP) is 3.87. The van der Waals surface area contributed by atoms with E-state index in [9.17, 15) is 0 Å². The molecule has 4 aromatic carbocycles. The monoisotopic (exact) mass is 392 g/mol. The molecule has 0 amide bonds. The van der Waals surface area contributed by atoms with Crippen LogP contribution in [0.1, 0.15) is 11.1 Å². The second-order valence-corrected chi connectivity index (χ2v) is 15.9. The molecule has 0 bridgehead atoms. The third-order valence-corrected chi connectivity index (χ3v) is 19.5. The zero-order valence-electron chi connectivity index (χ0n) is 16.0. The van der Waals surface area contributed by atoms with Gasteiger partial charge in [-0.25, -0.2) is 0 Å². The quantitative estimate of drug-likeness (QED) is 0.463. The standard InChI is InChI=1S/C26H24Si2/c1-5-13-22(14-6-1)26(23-15-7-2-8-16-23)27-21-28(26,24-17-9-3-10-18-24)25-19-11-4-12-20-25/h1-20H,21,27H2. The maximum absolute atomic E-state index is 2.40. The Hall–Kier alpha value is -2.69. The molecule has 0 N–H and O–H groups in total. The third-order valence-electron chi connectivity index (χ3n) is 6.67. The van der Waals surface area contributed by atoms with E-state index in [1.165, 1.54) is 16.8 Å². The minimum Gasteiger partial charge on any atom is -0.0626 e. The molecule has 4 aromatic rings. The first-order valence-electron chi connectivity index (χ1n) is 10.1. The number of hydrogen-bond donors (Lipinski definition) is 0. The van der Waals surface area contributed by atoms with Crippen molar-refractivity contribution < 1.29 is 0 Å². The van der Waals surface area contributed by atoms with Gasteiger partial charge in [0.25, 0.3) is 0 Å². The maximum Gasteiger partial charge on any atom is 0.126 e. The lowest BCUT2D eigenvalue weighted by molar-refractivity contribution is 0.929. The van der Waals surface area contributed by atoms with Gasteiger partial charge in [0.1, 0.15) is 8.07 Å². The van der Waals surface area contributed by atoms with Crippen molar-refractivity contribution in [2.45, 2.75) is 10.3 Å². The maximum atomic E-state index is 2.40. The van der Waals surface area contributed by atoms with Gasteiger partial charge < -0.3 is 0 Å². The summed E-state index contributed by atoms with van der Waals surface area (Å²) in [7, 11) is -2.31. The van der Waals surface area contributed by atoms with Gasteiger partial charge in [0, 0.05) is 14.2 Å². The lowest BCUT2D eigenvalue weighted by atomic mass is 10.0. The first-order chi connectivity index (χ1) is 13.9. The summed E-state index contributed by atoms with van der Waals surface area (Å²) < 4.78 is 0.207. The molecule has 0 radical (unpaired) electrons. The van der Waals surface area contributed by atoms with E-state index in [-0.39, 0.29) is 14.2 Å². The van der Waals surface area contributed by atoms with E-state index in [0.29, 0.717) is 0 Å². The summed E-state index contributed by atoms with van der Waals surface area (Å²) >= 11 is 0. The van der Waals surface area contributed by atoms with E-state index in [4.69, 9.17) is 0 Å². The molecule has 0 unspecified atom stereocenters. The van der Waals surface area contributed by atoms with Crippen LogP contribution in [-0.2, 0) is 4.66 Å². The number of hydrogen-bond acceptors (Lipinski definition) is 0. The SMILES string of the molecule is c1ccc(C2(c3ccccc3)[SiH2]C[Si]2(c2ccccc2)c2ccccc2)cc1. The fourth-order valence-corrected chi connectivity index (χ4v) is 19.2. The average Bonchev–Trinajstić information content (AvgIpc) is 2.77. The van der Waals surface area contributed by atoms with Crippen LogP contribution in [0, 0.1) is 0 Å². The van der Waals surface area contributed by atoms with Crippen LogP contribution in [0.4, 0.5) is 0 Å². The second-order valence-electron chi connectivity index (χ2n) is 7.77. The Morgan fingerprint density at radius 2 is 0.857 bits per heavy atom. The van der Waals surface area contributed by atoms with Crippen LogP contribution in [0.15, 0.2) is 121 Å². The Bertz CT molecular complexity index is 877. The van der Waals surface area contributed by atoms with Gasteiger partial charge in [-0.3, -0.25) is 0 Å². The van der Waals surface area contributed by atoms with Gasteiger partial charge in [-0.15, -0.1) is 0 Å². The molecular weight excluding hydrogens is 368 g/mol. The fourth-order valence-electron chi connectivity index (χ4n) is 5.41. The van der Waals surface area contributed by atoms with E-state index in [2.05, 4.69) is 121 Å². The number of benzene rings is 4. The molecule has 28 heavy (non-hydrogen) atoms. The Labute approximate surface area is 170 Å². The average molecular weight is 393 g/mol. The van der Waals surface area contributed by atoms with Crippen LogP contribution in [0.2, 0.25) is 5.67 Å². The van der Waals surface area contributed by atoms with Crippen molar-refractivity contribution in [2.75, 3.05) is 0 Å². The lowest BCUT2D eigenvalue weighted by Crippen LogP contribution is -2.82. The van der Waals surface area contributed by atoms with E-state index in [1.807, 2.05) is 0 Å². The highest BCUT2D eigenvalue weighted by atomic mass is 28.4. The van der Waals surface area contributed by atoms with Crippen molar-refractivity contribution in [3.8, 4) is 0 Å². The molecule has 2 heteroatoms. The minimum atomic E-state index is -1.99. The summed E-state index contributed by atoms with van der Waals surface area (Å²) in [6.45, 7) is 0. The highest BCUT2D eigenvalue weighted by Gasteiger charge is 2.64. The first kappa shape index (κ1) is 17.4. The van der Waals surface area contributed by atoms with Gasteiger partial charge in [-0.2, -0.15) is 0 Å². The first-order valence-corrected chi connectivity index (χ1v) is 14.0. The molecule has 0 spiro atoms. The van der Waals surface area contributed by atoms with Gasteiger partial charge in [0.05, 0.1) is 0 Å². The summed E-state index contributed by atoms with van der Waals surface area (Å²) in [5.41, 5.74) is 4.47. The van der Waals surface area contributed by atoms with Crippen molar-refractivity contribution in [1.29, 1.82) is 0 Å². The predicted molar refractivity (Wildman–Crippen MR) is 125 cm³/mol. The third kappa shape index (κ3) is 2.42. The summed E-state index contributed by atoms with van der Waals surface area (Å²) in [6, 6.07) is 45.5. The van der Waals surface area contributed by atoms with Crippen LogP contribution in [-0.4, -0.2) is 17.6 Å². The molecule has 0 nitrogen and oxygen atoms in total. The molecule has 0 aliphatic carbocycles. The lowest BCUT2D eigenvalue weighted by Gasteiger charge is -2.59. The summed E-state index contributed by atoms with van der Waals surface area (Å²) in [4.78, 5) is 0. The second kappa shape index (κ2) is 7.04. The molecule has 0 aromatic heterocycles. The Morgan fingerprint density at radius 1 is 0.500 bits per heavy atom. The van der Waals surface area contributed by atoms with Crippen LogP contribution in [0.3, 0.4) is 0 Å².